The van der Waals surface area contributed by atoms with Crippen molar-refractivity contribution in [2.45, 2.75) is 76.2 Å². The van der Waals surface area contributed by atoms with E-state index in [1.807, 2.05) is 12.4 Å². The van der Waals surface area contributed by atoms with Crippen LogP contribution in [0.25, 0.3) is 11.3 Å². The summed E-state index contributed by atoms with van der Waals surface area (Å²) in [7, 11) is 2.07. The predicted molar refractivity (Wildman–Crippen MR) is 129 cm³/mol. The van der Waals surface area contributed by atoms with Gasteiger partial charge in [0, 0.05) is 49.6 Å². The molecule has 0 amide bonds. The Labute approximate surface area is 198 Å². The van der Waals surface area contributed by atoms with Gasteiger partial charge in [-0.05, 0) is 88.0 Å². The summed E-state index contributed by atoms with van der Waals surface area (Å²) in [5.74, 6) is 4.12. The number of nitrogens with zero attached hydrogens (tertiary/aromatic N) is 5. The van der Waals surface area contributed by atoms with E-state index in [2.05, 4.69) is 27.8 Å². The standard InChI is InChI=1S/C27H39N5O/c1-31-26(17-20-2-3-20)24(18-29-31)25-10-11-28-27(30-25)23-9-6-21(23)16-19-4-7-22(8-5-19)32-12-14-33-15-13-32/h10-11,18-23H,2-9,12-17H2,1H3/t19-,21?,22-,23?. The summed E-state index contributed by atoms with van der Waals surface area (Å²) in [6.07, 6.45) is 17.3. The quantitative estimate of drug-likeness (QED) is 0.618. The number of hydrogen-bond donors (Lipinski definition) is 0. The van der Waals surface area contributed by atoms with Crippen molar-refractivity contribution in [3.8, 4) is 11.3 Å². The average molecular weight is 450 g/mol. The highest BCUT2D eigenvalue weighted by molar-refractivity contribution is 5.61. The Kier molecular flexibility index (Phi) is 6.22. The molecule has 0 spiro atoms. The van der Waals surface area contributed by atoms with Gasteiger partial charge >= 0.3 is 0 Å². The van der Waals surface area contributed by atoms with Crippen LogP contribution in [0.15, 0.2) is 18.5 Å². The predicted octanol–water partition coefficient (Wildman–Crippen LogP) is 4.60. The fourth-order valence-electron chi connectivity index (χ4n) is 6.52. The largest absolute Gasteiger partial charge is 0.379 e. The zero-order chi connectivity index (χ0) is 22.2. The van der Waals surface area contributed by atoms with Crippen molar-refractivity contribution >= 4 is 0 Å². The molecular weight excluding hydrogens is 410 g/mol. The first-order chi connectivity index (χ1) is 16.2. The number of ether oxygens (including phenoxy) is 1. The van der Waals surface area contributed by atoms with Crippen molar-refractivity contribution in [3.63, 3.8) is 0 Å². The molecule has 1 aliphatic heterocycles. The summed E-state index contributed by atoms with van der Waals surface area (Å²) in [6, 6.07) is 2.88. The summed E-state index contributed by atoms with van der Waals surface area (Å²) >= 11 is 0. The van der Waals surface area contributed by atoms with Gasteiger partial charge in [0.05, 0.1) is 25.1 Å². The third-order valence-corrected chi connectivity index (χ3v) is 8.95. The van der Waals surface area contributed by atoms with Crippen LogP contribution in [-0.2, 0) is 18.2 Å². The molecule has 4 fully saturated rings. The number of aryl methyl sites for hydroxylation is 1. The maximum absolute atomic E-state index is 5.55. The molecule has 0 bridgehead atoms. The molecular formula is C27H39N5O. The minimum Gasteiger partial charge on any atom is -0.379 e. The van der Waals surface area contributed by atoms with E-state index in [0.717, 1.165) is 68.0 Å². The van der Waals surface area contributed by atoms with Crippen molar-refractivity contribution in [1.82, 2.24) is 24.6 Å². The Balaban J connectivity index is 1.08. The Morgan fingerprint density at radius 3 is 2.48 bits per heavy atom. The fraction of sp³-hybridized carbons (Fsp3) is 0.741. The van der Waals surface area contributed by atoms with Crippen LogP contribution < -0.4 is 0 Å². The molecule has 6 heteroatoms. The second-order valence-electron chi connectivity index (χ2n) is 11.1. The van der Waals surface area contributed by atoms with Crippen molar-refractivity contribution < 1.29 is 4.74 Å². The second-order valence-corrected chi connectivity index (χ2v) is 11.1. The van der Waals surface area contributed by atoms with Gasteiger partial charge in [-0.2, -0.15) is 5.10 Å². The summed E-state index contributed by atoms with van der Waals surface area (Å²) in [6.45, 7) is 4.10. The van der Waals surface area contributed by atoms with E-state index in [0.29, 0.717) is 5.92 Å². The SMILES string of the molecule is Cn1ncc(-c2ccnc(C3CCC3C[C@H]3CC[C@H](N4CCOCC4)CC3)n2)c1CC1CC1. The number of hydrogen-bond acceptors (Lipinski definition) is 5. The van der Waals surface area contributed by atoms with Crippen LogP contribution in [0.1, 0.15) is 75.2 Å². The third-order valence-electron chi connectivity index (χ3n) is 8.95. The van der Waals surface area contributed by atoms with Gasteiger partial charge in [0.25, 0.3) is 0 Å². The van der Waals surface area contributed by atoms with Gasteiger partial charge in [-0.15, -0.1) is 0 Å². The van der Waals surface area contributed by atoms with Gasteiger partial charge in [-0.25, -0.2) is 9.97 Å². The van der Waals surface area contributed by atoms with Crippen molar-refractivity contribution in [3.05, 3.63) is 30.0 Å². The Morgan fingerprint density at radius 1 is 0.970 bits per heavy atom. The van der Waals surface area contributed by atoms with Crippen LogP contribution in [-0.4, -0.2) is 57.0 Å². The molecule has 6 rings (SSSR count). The summed E-state index contributed by atoms with van der Waals surface area (Å²) in [4.78, 5) is 12.5. The molecule has 2 aromatic heterocycles. The molecule has 2 aromatic rings. The topological polar surface area (TPSA) is 56.1 Å². The highest BCUT2D eigenvalue weighted by atomic mass is 16.5. The maximum atomic E-state index is 5.55. The van der Waals surface area contributed by atoms with Crippen LogP contribution >= 0.6 is 0 Å². The van der Waals surface area contributed by atoms with Crippen LogP contribution in [0.3, 0.4) is 0 Å². The molecule has 0 N–H and O–H groups in total. The van der Waals surface area contributed by atoms with Gasteiger partial charge < -0.3 is 4.74 Å². The molecule has 0 aromatic carbocycles. The van der Waals surface area contributed by atoms with Crippen LogP contribution in [0.2, 0.25) is 0 Å². The first kappa shape index (κ1) is 21.7. The minimum absolute atomic E-state index is 0.547. The van der Waals surface area contributed by atoms with E-state index in [1.165, 1.54) is 69.0 Å². The van der Waals surface area contributed by atoms with E-state index in [9.17, 15) is 0 Å². The Morgan fingerprint density at radius 2 is 1.76 bits per heavy atom. The molecule has 3 heterocycles. The minimum atomic E-state index is 0.547. The average Bonchev–Trinajstić information content (AvgIpc) is 3.59. The molecule has 2 atom stereocenters. The molecule has 1 saturated heterocycles. The molecule has 33 heavy (non-hydrogen) atoms. The smallest absolute Gasteiger partial charge is 0.132 e. The highest BCUT2D eigenvalue weighted by Gasteiger charge is 2.37. The summed E-state index contributed by atoms with van der Waals surface area (Å²) in [5, 5.41) is 4.56. The first-order valence-electron chi connectivity index (χ1n) is 13.4. The molecule has 3 aliphatic carbocycles. The third kappa shape index (κ3) is 4.74. The first-order valence-corrected chi connectivity index (χ1v) is 13.4. The lowest BCUT2D eigenvalue weighted by Gasteiger charge is -2.42. The Bertz CT molecular complexity index is 940. The van der Waals surface area contributed by atoms with Crippen molar-refractivity contribution in [1.29, 1.82) is 0 Å². The van der Waals surface area contributed by atoms with E-state index in [4.69, 9.17) is 14.7 Å². The van der Waals surface area contributed by atoms with Crippen LogP contribution in [0, 0.1) is 17.8 Å². The van der Waals surface area contributed by atoms with Gasteiger partial charge in [0.15, 0.2) is 0 Å². The van der Waals surface area contributed by atoms with E-state index < -0.39 is 0 Å². The molecule has 3 saturated carbocycles. The van der Waals surface area contributed by atoms with E-state index in [1.54, 1.807) is 0 Å². The van der Waals surface area contributed by atoms with Crippen LogP contribution in [0.5, 0.6) is 0 Å². The lowest BCUT2D eigenvalue weighted by molar-refractivity contribution is 0.00308. The molecule has 0 radical (unpaired) electrons. The normalized spacial score (nSPS) is 30.8. The van der Waals surface area contributed by atoms with Gasteiger partial charge in [-0.1, -0.05) is 0 Å². The van der Waals surface area contributed by atoms with Crippen molar-refractivity contribution in [2.24, 2.45) is 24.8 Å². The number of morpholine rings is 1. The lowest BCUT2D eigenvalue weighted by atomic mass is 9.67. The number of rotatable bonds is 7. The van der Waals surface area contributed by atoms with Gasteiger partial charge in [-0.3, -0.25) is 9.58 Å². The van der Waals surface area contributed by atoms with Gasteiger partial charge in [0.1, 0.15) is 5.82 Å². The van der Waals surface area contributed by atoms with Gasteiger partial charge in [0.2, 0.25) is 0 Å². The molecule has 2 unspecified atom stereocenters. The molecule has 178 valence electrons. The van der Waals surface area contributed by atoms with Crippen LogP contribution in [0.4, 0.5) is 0 Å². The Hall–Kier alpha value is -1.79. The molecule has 6 nitrogen and oxygen atoms in total. The lowest BCUT2D eigenvalue weighted by Crippen LogP contribution is -2.45. The zero-order valence-corrected chi connectivity index (χ0v) is 20.2. The maximum Gasteiger partial charge on any atom is 0.132 e. The zero-order valence-electron chi connectivity index (χ0n) is 20.2. The number of aromatic nitrogens is 4. The second kappa shape index (κ2) is 9.46. The molecule has 4 aliphatic rings. The highest BCUT2D eigenvalue weighted by Crippen LogP contribution is 2.47. The fourth-order valence-corrected chi connectivity index (χ4v) is 6.52. The van der Waals surface area contributed by atoms with E-state index >= 15 is 0 Å². The monoisotopic (exact) mass is 449 g/mol. The summed E-state index contributed by atoms with van der Waals surface area (Å²) < 4.78 is 7.60. The summed E-state index contributed by atoms with van der Waals surface area (Å²) in [5.41, 5.74) is 3.62. The van der Waals surface area contributed by atoms with E-state index in [-0.39, 0.29) is 0 Å². The van der Waals surface area contributed by atoms with Crippen molar-refractivity contribution in [2.75, 3.05) is 26.3 Å².